The Hall–Kier alpha value is -0.800. The van der Waals surface area contributed by atoms with Crippen LogP contribution >= 0.6 is 11.6 Å². The molecule has 2 heterocycles. The molecule has 1 unspecified atom stereocenters. The minimum atomic E-state index is 0.378. The number of rotatable bonds is 2. The van der Waals surface area contributed by atoms with Crippen molar-refractivity contribution in [1.29, 1.82) is 0 Å². The molecule has 76 valence electrons. The Labute approximate surface area is 88.4 Å². The lowest BCUT2D eigenvalue weighted by Crippen LogP contribution is -2.30. The molecule has 0 saturated carbocycles. The van der Waals surface area contributed by atoms with Crippen LogP contribution in [0.4, 0.5) is 5.69 Å². The van der Waals surface area contributed by atoms with E-state index in [9.17, 15) is 0 Å². The predicted molar refractivity (Wildman–Crippen MR) is 56.7 cm³/mol. The minimum Gasteiger partial charge on any atom is -0.379 e. The third-order valence-corrected chi connectivity index (χ3v) is 2.59. The van der Waals surface area contributed by atoms with Gasteiger partial charge in [-0.15, -0.1) is 0 Å². The van der Waals surface area contributed by atoms with Gasteiger partial charge in [0.05, 0.1) is 17.3 Å². The maximum Gasteiger partial charge on any atom is 0.0820 e. The maximum atomic E-state index is 5.98. The van der Waals surface area contributed by atoms with Gasteiger partial charge < -0.3 is 10.1 Å². The van der Waals surface area contributed by atoms with Gasteiger partial charge in [0.2, 0.25) is 0 Å². The van der Waals surface area contributed by atoms with E-state index in [2.05, 4.69) is 10.3 Å². The number of aromatic nitrogens is 1. The molecule has 0 radical (unpaired) electrons. The fourth-order valence-corrected chi connectivity index (χ4v) is 1.74. The standard InChI is InChI=1S/C10H13ClN2O/c11-9-6-12-4-3-10(9)13-8-2-1-5-14-7-8/h3-4,6,8H,1-2,5,7H2,(H,12,13). The van der Waals surface area contributed by atoms with Crippen molar-refractivity contribution in [3.63, 3.8) is 0 Å². The van der Waals surface area contributed by atoms with Gasteiger partial charge in [0.1, 0.15) is 0 Å². The molecule has 0 aromatic carbocycles. The Balaban J connectivity index is 1.99. The van der Waals surface area contributed by atoms with E-state index in [1.165, 1.54) is 0 Å². The van der Waals surface area contributed by atoms with Crippen molar-refractivity contribution in [2.45, 2.75) is 18.9 Å². The van der Waals surface area contributed by atoms with Gasteiger partial charge in [-0.1, -0.05) is 11.6 Å². The number of nitrogens with one attached hydrogen (secondary N) is 1. The summed E-state index contributed by atoms with van der Waals surface area (Å²) in [4.78, 5) is 3.93. The minimum absolute atomic E-state index is 0.378. The summed E-state index contributed by atoms with van der Waals surface area (Å²) in [6.07, 6.45) is 5.63. The second-order valence-corrected chi connectivity index (χ2v) is 3.82. The first-order valence-electron chi connectivity index (χ1n) is 4.80. The molecular weight excluding hydrogens is 200 g/mol. The molecule has 3 nitrogen and oxygen atoms in total. The molecule has 1 aromatic rings. The van der Waals surface area contributed by atoms with E-state index in [-0.39, 0.29) is 0 Å². The molecule has 0 aliphatic carbocycles. The normalized spacial score (nSPS) is 21.9. The lowest BCUT2D eigenvalue weighted by Gasteiger charge is -2.24. The average molecular weight is 213 g/mol. The number of hydrogen-bond acceptors (Lipinski definition) is 3. The molecule has 1 aromatic heterocycles. The Morgan fingerprint density at radius 3 is 3.21 bits per heavy atom. The highest BCUT2D eigenvalue weighted by Crippen LogP contribution is 2.21. The van der Waals surface area contributed by atoms with E-state index < -0.39 is 0 Å². The van der Waals surface area contributed by atoms with Crippen LogP contribution in [0.1, 0.15) is 12.8 Å². The third-order valence-electron chi connectivity index (χ3n) is 2.29. The lowest BCUT2D eigenvalue weighted by molar-refractivity contribution is 0.0876. The highest BCUT2D eigenvalue weighted by molar-refractivity contribution is 6.33. The number of anilines is 1. The fourth-order valence-electron chi connectivity index (χ4n) is 1.57. The van der Waals surface area contributed by atoms with E-state index in [0.717, 1.165) is 31.7 Å². The van der Waals surface area contributed by atoms with E-state index in [0.29, 0.717) is 11.1 Å². The second kappa shape index (κ2) is 4.62. The molecule has 4 heteroatoms. The van der Waals surface area contributed by atoms with Crippen molar-refractivity contribution in [3.05, 3.63) is 23.5 Å². The van der Waals surface area contributed by atoms with Crippen LogP contribution in [0.3, 0.4) is 0 Å². The Morgan fingerprint density at radius 2 is 2.50 bits per heavy atom. The van der Waals surface area contributed by atoms with E-state index >= 15 is 0 Å². The van der Waals surface area contributed by atoms with Crippen molar-refractivity contribution in [2.24, 2.45) is 0 Å². The maximum absolute atomic E-state index is 5.98. The Morgan fingerprint density at radius 1 is 1.57 bits per heavy atom. The van der Waals surface area contributed by atoms with Gasteiger partial charge in [-0.25, -0.2) is 0 Å². The zero-order chi connectivity index (χ0) is 9.80. The summed E-state index contributed by atoms with van der Waals surface area (Å²) in [7, 11) is 0. The largest absolute Gasteiger partial charge is 0.379 e. The van der Waals surface area contributed by atoms with Crippen LogP contribution < -0.4 is 5.32 Å². The Bertz CT molecular complexity index is 300. The first-order chi connectivity index (χ1) is 6.86. The molecule has 14 heavy (non-hydrogen) atoms. The van der Waals surface area contributed by atoms with Crippen molar-refractivity contribution in [3.8, 4) is 0 Å². The van der Waals surface area contributed by atoms with Crippen LogP contribution in [-0.4, -0.2) is 24.2 Å². The van der Waals surface area contributed by atoms with Crippen LogP contribution in [0.5, 0.6) is 0 Å². The van der Waals surface area contributed by atoms with Gasteiger partial charge in [-0.2, -0.15) is 0 Å². The highest BCUT2D eigenvalue weighted by atomic mass is 35.5. The number of nitrogens with zero attached hydrogens (tertiary/aromatic N) is 1. The fraction of sp³-hybridized carbons (Fsp3) is 0.500. The van der Waals surface area contributed by atoms with Crippen LogP contribution in [0.2, 0.25) is 5.02 Å². The molecule has 1 aliphatic heterocycles. The molecule has 1 aliphatic rings. The molecule has 1 N–H and O–H groups in total. The van der Waals surface area contributed by atoms with Crippen LogP contribution in [0.25, 0.3) is 0 Å². The van der Waals surface area contributed by atoms with Crippen LogP contribution in [-0.2, 0) is 4.74 Å². The van der Waals surface area contributed by atoms with Crippen LogP contribution in [0, 0.1) is 0 Å². The average Bonchev–Trinajstić information content (AvgIpc) is 2.23. The van der Waals surface area contributed by atoms with Crippen molar-refractivity contribution in [2.75, 3.05) is 18.5 Å². The monoisotopic (exact) mass is 212 g/mol. The topological polar surface area (TPSA) is 34.2 Å². The van der Waals surface area contributed by atoms with E-state index in [1.807, 2.05) is 6.07 Å². The molecular formula is C10H13ClN2O. The van der Waals surface area contributed by atoms with Gasteiger partial charge >= 0.3 is 0 Å². The molecule has 1 saturated heterocycles. The first-order valence-corrected chi connectivity index (χ1v) is 5.18. The van der Waals surface area contributed by atoms with Crippen molar-refractivity contribution in [1.82, 2.24) is 4.98 Å². The summed E-state index contributed by atoms with van der Waals surface area (Å²) < 4.78 is 5.37. The molecule has 0 spiro atoms. The van der Waals surface area contributed by atoms with E-state index in [1.54, 1.807) is 12.4 Å². The number of halogens is 1. The molecule has 1 fully saturated rings. The van der Waals surface area contributed by atoms with Crippen molar-refractivity contribution < 1.29 is 4.74 Å². The molecule has 1 atom stereocenters. The van der Waals surface area contributed by atoms with Gasteiger partial charge in [-0.05, 0) is 18.9 Å². The number of hydrogen-bond donors (Lipinski definition) is 1. The van der Waals surface area contributed by atoms with E-state index in [4.69, 9.17) is 16.3 Å². The second-order valence-electron chi connectivity index (χ2n) is 3.41. The summed E-state index contributed by atoms with van der Waals surface area (Å²) in [5.41, 5.74) is 0.942. The highest BCUT2D eigenvalue weighted by Gasteiger charge is 2.14. The third kappa shape index (κ3) is 2.36. The molecule has 2 rings (SSSR count). The predicted octanol–water partition coefficient (Wildman–Crippen LogP) is 2.33. The molecule has 0 amide bonds. The quantitative estimate of drug-likeness (QED) is 0.817. The van der Waals surface area contributed by atoms with Gasteiger partial charge in [0.25, 0.3) is 0 Å². The summed E-state index contributed by atoms with van der Waals surface area (Å²) in [6, 6.07) is 2.26. The summed E-state index contributed by atoms with van der Waals surface area (Å²) in [5, 5.41) is 4.02. The summed E-state index contributed by atoms with van der Waals surface area (Å²) >= 11 is 5.98. The van der Waals surface area contributed by atoms with Gasteiger partial charge in [-0.3, -0.25) is 4.98 Å². The zero-order valence-corrected chi connectivity index (χ0v) is 8.63. The first kappa shape index (κ1) is 9.74. The summed E-state index contributed by atoms with van der Waals surface area (Å²) in [5.74, 6) is 0. The SMILES string of the molecule is Clc1cnccc1NC1CCCOC1. The molecule has 0 bridgehead atoms. The Kier molecular flexibility index (Phi) is 3.22. The van der Waals surface area contributed by atoms with Crippen molar-refractivity contribution >= 4 is 17.3 Å². The summed E-state index contributed by atoms with van der Waals surface area (Å²) in [6.45, 7) is 1.64. The van der Waals surface area contributed by atoms with Gasteiger partial charge in [0.15, 0.2) is 0 Å². The smallest absolute Gasteiger partial charge is 0.0820 e. The van der Waals surface area contributed by atoms with Gasteiger partial charge in [0, 0.05) is 25.0 Å². The zero-order valence-electron chi connectivity index (χ0n) is 7.87. The lowest BCUT2D eigenvalue weighted by atomic mass is 10.1. The van der Waals surface area contributed by atoms with Crippen LogP contribution in [0.15, 0.2) is 18.5 Å². The number of pyridine rings is 1. The number of ether oxygens (including phenoxy) is 1.